The second-order valence-corrected chi connectivity index (χ2v) is 8.56. The van der Waals surface area contributed by atoms with E-state index in [1.165, 1.54) is 13.1 Å². The molecule has 0 unspecified atom stereocenters. The molecule has 36 heavy (non-hydrogen) atoms. The number of hydrogen-bond donors (Lipinski definition) is 1. The lowest BCUT2D eigenvalue weighted by atomic mass is 9.98. The number of carbonyl (C=O) groups is 3. The van der Waals surface area contributed by atoms with Crippen LogP contribution < -0.4 is 0 Å². The van der Waals surface area contributed by atoms with Gasteiger partial charge in [-0.3, -0.25) is 4.90 Å². The highest BCUT2D eigenvalue weighted by Crippen LogP contribution is 2.44. The van der Waals surface area contributed by atoms with Crippen molar-refractivity contribution in [3.63, 3.8) is 0 Å². The summed E-state index contributed by atoms with van der Waals surface area (Å²) in [5.74, 6) is -1.76. The smallest absolute Gasteiger partial charge is 0.410 e. The molecule has 0 bridgehead atoms. The number of benzene rings is 3. The minimum atomic E-state index is -1.15. The standard InChI is InChI=1S/C29H27NO6/c1-3-16-35-28(33)20-14-12-19(13-15-20)17-26(27(31)32)30(2)29(34)36-18-25-23-10-6-4-8-21(23)22-9-5-7-11-24(22)25/h3-15,25-26H,1,16-18H2,2H3,(H,31,32)/t26-/m0/s1. The van der Waals surface area contributed by atoms with E-state index in [4.69, 9.17) is 9.47 Å². The molecule has 0 fully saturated rings. The summed E-state index contributed by atoms with van der Waals surface area (Å²) >= 11 is 0. The van der Waals surface area contributed by atoms with Gasteiger partial charge in [0.15, 0.2) is 0 Å². The third kappa shape index (κ3) is 5.15. The quantitative estimate of drug-likeness (QED) is 0.342. The molecule has 0 spiro atoms. The lowest BCUT2D eigenvalue weighted by molar-refractivity contribution is -0.142. The van der Waals surface area contributed by atoms with Gasteiger partial charge in [-0.1, -0.05) is 73.3 Å². The van der Waals surface area contributed by atoms with Gasteiger partial charge in [-0.15, -0.1) is 0 Å². The van der Waals surface area contributed by atoms with Gasteiger partial charge < -0.3 is 14.6 Å². The molecule has 3 aromatic rings. The van der Waals surface area contributed by atoms with Crippen LogP contribution in [0.25, 0.3) is 11.1 Å². The molecule has 1 N–H and O–H groups in total. The van der Waals surface area contributed by atoms with Crippen LogP contribution in [-0.2, 0) is 20.7 Å². The zero-order chi connectivity index (χ0) is 25.7. The maximum Gasteiger partial charge on any atom is 0.410 e. The van der Waals surface area contributed by atoms with Crippen molar-refractivity contribution in [2.24, 2.45) is 0 Å². The minimum Gasteiger partial charge on any atom is -0.480 e. The van der Waals surface area contributed by atoms with Crippen LogP contribution in [0, 0.1) is 0 Å². The normalized spacial score (nSPS) is 12.7. The highest BCUT2D eigenvalue weighted by Gasteiger charge is 2.32. The number of aliphatic carboxylic acids is 1. The zero-order valence-corrected chi connectivity index (χ0v) is 19.9. The Kier molecular flexibility index (Phi) is 7.49. The fraction of sp³-hybridized carbons (Fsp3) is 0.207. The summed E-state index contributed by atoms with van der Waals surface area (Å²) in [4.78, 5) is 37.9. The molecule has 1 atom stereocenters. The zero-order valence-electron chi connectivity index (χ0n) is 19.9. The van der Waals surface area contributed by atoms with Gasteiger partial charge in [-0.05, 0) is 39.9 Å². The molecular formula is C29H27NO6. The summed E-state index contributed by atoms with van der Waals surface area (Å²) in [7, 11) is 1.42. The number of esters is 1. The summed E-state index contributed by atoms with van der Waals surface area (Å²) in [5, 5.41) is 9.80. The van der Waals surface area contributed by atoms with Crippen LogP contribution in [0.3, 0.4) is 0 Å². The second kappa shape index (κ2) is 10.9. The first-order valence-corrected chi connectivity index (χ1v) is 11.6. The number of carboxylic acids is 1. The molecule has 0 saturated heterocycles. The molecule has 184 valence electrons. The molecule has 7 heteroatoms. The predicted octanol–water partition coefficient (Wildman–Crippen LogP) is 4.91. The molecule has 0 aliphatic heterocycles. The summed E-state index contributed by atoms with van der Waals surface area (Å²) in [6.45, 7) is 3.71. The number of ether oxygens (including phenoxy) is 2. The number of hydrogen-bond acceptors (Lipinski definition) is 5. The van der Waals surface area contributed by atoms with Gasteiger partial charge in [0, 0.05) is 19.4 Å². The Bertz CT molecular complexity index is 1240. The van der Waals surface area contributed by atoms with Gasteiger partial charge in [-0.25, -0.2) is 14.4 Å². The van der Waals surface area contributed by atoms with Crippen molar-refractivity contribution in [1.82, 2.24) is 4.90 Å². The molecule has 0 heterocycles. The van der Waals surface area contributed by atoms with Crippen LogP contribution in [0.2, 0.25) is 0 Å². The Morgan fingerprint density at radius 1 is 0.944 bits per heavy atom. The van der Waals surface area contributed by atoms with Crippen molar-refractivity contribution in [2.45, 2.75) is 18.4 Å². The average molecular weight is 486 g/mol. The molecule has 1 aliphatic rings. The molecule has 3 aromatic carbocycles. The van der Waals surface area contributed by atoms with E-state index < -0.39 is 24.1 Å². The lowest BCUT2D eigenvalue weighted by Crippen LogP contribution is -2.44. The number of likely N-dealkylation sites (N-methyl/N-ethyl adjacent to an activating group) is 1. The third-order valence-corrected chi connectivity index (χ3v) is 6.33. The number of fused-ring (bicyclic) bond motifs is 3. The van der Waals surface area contributed by atoms with E-state index in [1.54, 1.807) is 24.3 Å². The minimum absolute atomic E-state index is 0.0536. The third-order valence-electron chi connectivity index (χ3n) is 6.33. The van der Waals surface area contributed by atoms with E-state index in [0.29, 0.717) is 11.1 Å². The molecule has 1 amide bonds. The maximum atomic E-state index is 12.9. The molecule has 0 radical (unpaired) electrons. The maximum absolute atomic E-state index is 12.9. The first kappa shape index (κ1) is 24.7. The Morgan fingerprint density at radius 3 is 2.08 bits per heavy atom. The summed E-state index contributed by atoms with van der Waals surface area (Å²) in [5.41, 5.74) is 5.38. The molecule has 0 aromatic heterocycles. The lowest BCUT2D eigenvalue weighted by Gasteiger charge is -2.25. The van der Waals surface area contributed by atoms with E-state index >= 15 is 0 Å². The van der Waals surface area contributed by atoms with Gasteiger partial charge in [0.2, 0.25) is 0 Å². The Morgan fingerprint density at radius 2 is 1.53 bits per heavy atom. The van der Waals surface area contributed by atoms with Crippen LogP contribution in [0.4, 0.5) is 4.79 Å². The molecule has 7 nitrogen and oxygen atoms in total. The molecule has 0 saturated carbocycles. The van der Waals surface area contributed by atoms with Gasteiger partial charge >= 0.3 is 18.0 Å². The summed E-state index contributed by atoms with van der Waals surface area (Å²) < 4.78 is 10.6. The van der Waals surface area contributed by atoms with Gasteiger partial charge in [0.05, 0.1) is 5.56 Å². The van der Waals surface area contributed by atoms with Crippen LogP contribution in [0.5, 0.6) is 0 Å². The number of carboxylic acid groups (broad SMARTS) is 1. The number of rotatable bonds is 9. The van der Waals surface area contributed by atoms with E-state index in [9.17, 15) is 19.5 Å². The van der Waals surface area contributed by atoms with Crippen molar-refractivity contribution < 1.29 is 29.0 Å². The molecular weight excluding hydrogens is 458 g/mol. The van der Waals surface area contributed by atoms with Crippen molar-refractivity contribution in [1.29, 1.82) is 0 Å². The van der Waals surface area contributed by atoms with E-state index in [2.05, 4.69) is 6.58 Å². The average Bonchev–Trinajstić information content (AvgIpc) is 3.22. The molecule has 1 aliphatic carbocycles. The highest BCUT2D eigenvalue weighted by molar-refractivity contribution is 5.89. The molecule has 4 rings (SSSR count). The Labute approximate surface area is 209 Å². The van der Waals surface area contributed by atoms with Crippen LogP contribution in [0.1, 0.15) is 33.0 Å². The van der Waals surface area contributed by atoms with Gasteiger partial charge in [0.1, 0.15) is 19.3 Å². The Hall–Kier alpha value is -4.39. The van der Waals surface area contributed by atoms with E-state index in [-0.39, 0.29) is 25.6 Å². The van der Waals surface area contributed by atoms with Crippen molar-refractivity contribution in [3.05, 3.63) is 108 Å². The number of carbonyl (C=O) groups excluding carboxylic acids is 2. The van der Waals surface area contributed by atoms with Crippen LogP contribution in [-0.4, -0.2) is 54.3 Å². The SMILES string of the molecule is C=CCOC(=O)c1ccc(C[C@@H](C(=O)O)N(C)C(=O)OCC2c3ccccc3-c3ccccc32)cc1. The van der Waals surface area contributed by atoms with Gasteiger partial charge in [-0.2, -0.15) is 0 Å². The second-order valence-electron chi connectivity index (χ2n) is 8.56. The van der Waals surface area contributed by atoms with Crippen LogP contribution in [0.15, 0.2) is 85.5 Å². The predicted molar refractivity (Wildman–Crippen MR) is 135 cm³/mol. The summed E-state index contributed by atoms with van der Waals surface area (Å²) in [6, 6.07) is 21.3. The first-order chi connectivity index (χ1) is 17.4. The number of amides is 1. The Balaban J connectivity index is 1.42. The first-order valence-electron chi connectivity index (χ1n) is 11.6. The van der Waals surface area contributed by atoms with Crippen LogP contribution >= 0.6 is 0 Å². The topological polar surface area (TPSA) is 93.1 Å². The fourth-order valence-electron chi connectivity index (χ4n) is 4.43. The summed E-state index contributed by atoms with van der Waals surface area (Å²) in [6.07, 6.45) is 0.815. The van der Waals surface area contributed by atoms with E-state index in [1.807, 2.05) is 48.5 Å². The van der Waals surface area contributed by atoms with E-state index in [0.717, 1.165) is 27.2 Å². The largest absolute Gasteiger partial charge is 0.480 e. The van der Waals surface area contributed by atoms with Crippen molar-refractivity contribution >= 4 is 18.0 Å². The highest BCUT2D eigenvalue weighted by atomic mass is 16.6. The van der Waals surface area contributed by atoms with Crippen molar-refractivity contribution in [3.8, 4) is 11.1 Å². The number of nitrogens with zero attached hydrogens (tertiary/aromatic N) is 1. The van der Waals surface area contributed by atoms with Crippen molar-refractivity contribution in [2.75, 3.05) is 20.3 Å². The van der Waals surface area contributed by atoms with Gasteiger partial charge in [0.25, 0.3) is 0 Å². The monoisotopic (exact) mass is 485 g/mol. The fourth-order valence-corrected chi connectivity index (χ4v) is 4.43.